The molecule has 0 saturated heterocycles. The first-order valence-electron chi connectivity index (χ1n) is 8.08. The Balaban J connectivity index is 2.76. The van der Waals surface area contributed by atoms with Crippen LogP contribution in [0.4, 0.5) is 4.79 Å². The lowest BCUT2D eigenvalue weighted by Gasteiger charge is -2.19. The highest BCUT2D eigenvalue weighted by molar-refractivity contribution is 7.12. The summed E-state index contributed by atoms with van der Waals surface area (Å²) in [6, 6.07) is 0. The van der Waals surface area contributed by atoms with Crippen LogP contribution in [0.3, 0.4) is 0 Å². The average molecular weight is 356 g/mol. The van der Waals surface area contributed by atoms with Gasteiger partial charge in [0, 0.05) is 17.8 Å². The van der Waals surface area contributed by atoms with Crippen molar-refractivity contribution in [3.8, 4) is 0 Å². The van der Waals surface area contributed by atoms with Gasteiger partial charge in [0.15, 0.2) is 5.69 Å². The average Bonchev–Trinajstić information content (AvgIpc) is 2.81. The lowest BCUT2D eigenvalue weighted by Crippen LogP contribution is -2.33. The van der Waals surface area contributed by atoms with Crippen molar-refractivity contribution in [1.29, 1.82) is 0 Å². The number of nitrogens with one attached hydrogen (secondary N) is 1. The van der Waals surface area contributed by atoms with E-state index in [0.29, 0.717) is 25.3 Å². The molecule has 1 amide bonds. The van der Waals surface area contributed by atoms with Gasteiger partial charge in [-0.1, -0.05) is 20.8 Å². The summed E-state index contributed by atoms with van der Waals surface area (Å²) in [5.74, 6) is -0.398. The van der Waals surface area contributed by atoms with Crippen LogP contribution < -0.4 is 5.32 Å². The maximum Gasteiger partial charge on any atom is 0.407 e. The largest absolute Gasteiger partial charge is 0.461 e. The Kier molecular flexibility index (Phi) is 6.77. The van der Waals surface area contributed by atoms with E-state index in [1.807, 2.05) is 41.5 Å². The molecule has 6 nitrogen and oxygen atoms in total. The summed E-state index contributed by atoms with van der Waals surface area (Å²) in [5, 5.41) is 3.49. The monoisotopic (exact) mass is 356 g/mol. The molecule has 0 aliphatic heterocycles. The summed E-state index contributed by atoms with van der Waals surface area (Å²) < 4.78 is 10.3. The van der Waals surface area contributed by atoms with Crippen LogP contribution in [0.15, 0.2) is 0 Å². The predicted octanol–water partition coefficient (Wildman–Crippen LogP) is 3.68. The topological polar surface area (TPSA) is 77.5 Å². The van der Waals surface area contributed by atoms with Gasteiger partial charge < -0.3 is 14.8 Å². The number of hydrogen-bond donors (Lipinski definition) is 1. The van der Waals surface area contributed by atoms with Crippen LogP contribution in [-0.2, 0) is 21.3 Å². The maximum absolute atomic E-state index is 12.1. The number of rotatable bonds is 5. The highest BCUT2D eigenvalue weighted by Gasteiger charge is 2.27. The third-order valence-electron chi connectivity index (χ3n) is 2.83. The van der Waals surface area contributed by atoms with Gasteiger partial charge in [0.25, 0.3) is 0 Å². The van der Waals surface area contributed by atoms with E-state index in [1.54, 1.807) is 6.92 Å². The number of hydrogen-bond acceptors (Lipinski definition) is 6. The SMILES string of the molecule is CCOC(=O)c1nc(CCNC(=O)OC(C)(C)C)sc1C(C)(C)C. The first-order valence-corrected chi connectivity index (χ1v) is 8.90. The van der Waals surface area contributed by atoms with Crippen molar-refractivity contribution >= 4 is 23.4 Å². The van der Waals surface area contributed by atoms with Crippen LogP contribution in [0.1, 0.15) is 68.8 Å². The number of amides is 1. The van der Waals surface area contributed by atoms with E-state index in [1.165, 1.54) is 11.3 Å². The molecule has 0 fully saturated rings. The summed E-state index contributed by atoms with van der Waals surface area (Å²) >= 11 is 1.48. The highest BCUT2D eigenvalue weighted by Crippen LogP contribution is 2.32. The summed E-state index contributed by atoms with van der Waals surface area (Å²) in [7, 11) is 0. The fourth-order valence-corrected chi connectivity index (χ4v) is 3.01. The lowest BCUT2D eigenvalue weighted by atomic mass is 9.93. The Morgan fingerprint density at radius 2 is 1.79 bits per heavy atom. The highest BCUT2D eigenvalue weighted by atomic mass is 32.1. The van der Waals surface area contributed by atoms with Crippen molar-refractivity contribution in [3.05, 3.63) is 15.6 Å². The number of alkyl carbamates (subject to hydrolysis) is 1. The van der Waals surface area contributed by atoms with Gasteiger partial charge in [-0.05, 0) is 33.1 Å². The number of carbonyl (C=O) groups is 2. The third kappa shape index (κ3) is 6.47. The molecule has 1 heterocycles. The van der Waals surface area contributed by atoms with Gasteiger partial charge >= 0.3 is 12.1 Å². The molecule has 0 aliphatic rings. The Morgan fingerprint density at radius 1 is 1.17 bits per heavy atom. The van der Waals surface area contributed by atoms with Gasteiger partial charge in [-0.2, -0.15) is 0 Å². The fourth-order valence-electron chi connectivity index (χ4n) is 1.90. The molecule has 0 bridgehead atoms. The quantitative estimate of drug-likeness (QED) is 0.814. The van der Waals surface area contributed by atoms with Crippen molar-refractivity contribution in [1.82, 2.24) is 10.3 Å². The zero-order chi connectivity index (χ0) is 18.5. The van der Waals surface area contributed by atoms with Crippen LogP contribution in [0.25, 0.3) is 0 Å². The van der Waals surface area contributed by atoms with E-state index in [2.05, 4.69) is 10.3 Å². The molecule has 1 aromatic rings. The number of nitrogens with zero attached hydrogens (tertiary/aromatic N) is 1. The summed E-state index contributed by atoms with van der Waals surface area (Å²) in [6.45, 7) is 14.0. The molecule has 0 aromatic carbocycles. The molecule has 0 unspecified atom stereocenters. The maximum atomic E-state index is 12.1. The third-order valence-corrected chi connectivity index (χ3v) is 4.37. The molecule has 24 heavy (non-hydrogen) atoms. The second-order valence-electron chi connectivity index (χ2n) is 7.43. The molecule has 136 valence electrons. The van der Waals surface area contributed by atoms with Gasteiger partial charge in [0.2, 0.25) is 0 Å². The molecular formula is C17H28N2O4S. The first-order chi connectivity index (χ1) is 10.9. The molecule has 0 spiro atoms. The molecule has 7 heteroatoms. The van der Waals surface area contributed by atoms with E-state index < -0.39 is 17.7 Å². The smallest absolute Gasteiger partial charge is 0.407 e. The fraction of sp³-hybridized carbons (Fsp3) is 0.706. The van der Waals surface area contributed by atoms with Gasteiger partial charge in [-0.25, -0.2) is 14.6 Å². The Hall–Kier alpha value is -1.63. The number of ether oxygens (including phenoxy) is 2. The van der Waals surface area contributed by atoms with Crippen LogP contribution in [0.2, 0.25) is 0 Å². The minimum atomic E-state index is -0.526. The van der Waals surface area contributed by atoms with E-state index in [0.717, 1.165) is 9.88 Å². The van der Waals surface area contributed by atoms with Gasteiger partial charge in [0.05, 0.1) is 11.6 Å². The first kappa shape index (κ1) is 20.4. The minimum absolute atomic E-state index is 0.198. The van der Waals surface area contributed by atoms with Crippen molar-refractivity contribution in [2.45, 2.75) is 65.9 Å². The van der Waals surface area contributed by atoms with Gasteiger partial charge in [0.1, 0.15) is 5.60 Å². The van der Waals surface area contributed by atoms with Crippen LogP contribution in [0, 0.1) is 0 Å². The summed E-state index contributed by atoms with van der Waals surface area (Å²) in [5.41, 5.74) is -0.347. The van der Waals surface area contributed by atoms with Crippen LogP contribution >= 0.6 is 11.3 Å². The standard InChI is InChI=1S/C17H28N2O4S/c1-8-22-14(20)12-13(16(2,3)4)24-11(19-12)9-10-18-15(21)23-17(5,6)7/h8-10H2,1-7H3,(H,18,21). The Morgan fingerprint density at radius 3 is 2.29 bits per heavy atom. The molecular weight excluding hydrogens is 328 g/mol. The number of thiazole rings is 1. The van der Waals surface area contributed by atoms with Crippen LogP contribution in [0.5, 0.6) is 0 Å². The van der Waals surface area contributed by atoms with Crippen molar-refractivity contribution in [3.63, 3.8) is 0 Å². The molecule has 0 radical (unpaired) electrons. The van der Waals surface area contributed by atoms with E-state index in [4.69, 9.17) is 9.47 Å². The van der Waals surface area contributed by atoms with Crippen molar-refractivity contribution in [2.24, 2.45) is 0 Å². The minimum Gasteiger partial charge on any atom is -0.461 e. The summed E-state index contributed by atoms with van der Waals surface area (Å²) in [6.07, 6.45) is 0.0765. The van der Waals surface area contributed by atoms with Crippen molar-refractivity contribution < 1.29 is 19.1 Å². The van der Waals surface area contributed by atoms with E-state index >= 15 is 0 Å². The zero-order valence-corrected chi connectivity index (χ0v) is 16.4. The van der Waals surface area contributed by atoms with E-state index in [-0.39, 0.29) is 5.41 Å². The van der Waals surface area contributed by atoms with Gasteiger partial charge in [-0.3, -0.25) is 0 Å². The normalized spacial score (nSPS) is 12.0. The molecule has 0 aliphatic carbocycles. The Labute approximate surface area is 148 Å². The van der Waals surface area contributed by atoms with Crippen molar-refractivity contribution in [2.75, 3.05) is 13.2 Å². The number of carbonyl (C=O) groups excluding carboxylic acids is 2. The second kappa shape index (κ2) is 7.96. The lowest BCUT2D eigenvalue weighted by molar-refractivity contribution is 0.0509. The predicted molar refractivity (Wildman–Crippen MR) is 94.7 cm³/mol. The molecule has 0 saturated carbocycles. The number of aromatic nitrogens is 1. The number of esters is 1. The van der Waals surface area contributed by atoms with Crippen LogP contribution in [-0.4, -0.2) is 35.8 Å². The Bertz CT molecular complexity index is 582. The zero-order valence-electron chi connectivity index (χ0n) is 15.6. The van der Waals surface area contributed by atoms with E-state index in [9.17, 15) is 9.59 Å². The van der Waals surface area contributed by atoms with Gasteiger partial charge in [-0.15, -0.1) is 11.3 Å². The molecule has 1 aromatic heterocycles. The molecule has 0 atom stereocenters. The molecule has 1 rings (SSSR count). The second-order valence-corrected chi connectivity index (χ2v) is 8.52. The molecule has 1 N–H and O–H groups in total. The summed E-state index contributed by atoms with van der Waals surface area (Å²) in [4.78, 5) is 29.1.